The van der Waals surface area contributed by atoms with Crippen molar-refractivity contribution in [2.75, 3.05) is 0 Å². The van der Waals surface area contributed by atoms with E-state index < -0.39 is 0 Å². The van der Waals surface area contributed by atoms with Crippen molar-refractivity contribution in [3.63, 3.8) is 0 Å². The normalized spacial score (nSPS) is 14.9. The predicted molar refractivity (Wildman–Crippen MR) is 145 cm³/mol. The van der Waals surface area contributed by atoms with Crippen molar-refractivity contribution in [1.82, 2.24) is 4.90 Å². The van der Waals surface area contributed by atoms with Crippen LogP contribution in [0.5, 0.6) is 5.75 Å². The van der Waals surface area contributed by atoms with Gasteiger partial charge in [-0.25, -0.2) is 0 Å². The molecule has 0 saturated carbocycles. The topological polar surface area (TPSA) is 29.5 Å². The molecule has 1 heterocycles. The molecule has 8 heteroatoms. The molecule has 1 fully saturated rings. The Morgan fingerprint density at radius 1 is 1.09 bits per heavy atom. The summed E-state index contributed by atoms with van der Waals surface area (Å²) in [7, 11) is 0. The molecule has 1 amide bonds. The van der Waals surface area contributed by atoms with Crippen molar-refractivity contribution in [3.8, 4) is 5.75 Å². The van der Waals surface area contributed by atoms with Gasteiger partial charge >= 0.3 is 0 Å². The van der Waals surface area contributed by atoms with E-state index in [1.807, 2.05) is 61.5 Å². The minimum Gasteiger partial charge on any atom is -0.488 e. The lowest BCUT2D eigenvalue weighted by Crippen LogP contribution is -2.27. The largest absolute Gasteiger partial charge is 0.488 e. The summed E-state index contributed by atoms with van der Waals surface area (Å²) in [6.45, 7) is 2.75. The van der Waals surface area contributed by atoms with Crippen molar-refractivity contribution < 1.29 is 9.53 Å². The molecular formula is C25H18BrCl2NO2S2. The van der Waals surface area contributed by atoms with E-state index in [9.17, 15) is 4.79 Å². The molecule has 3 aromatic carbocycles. The van der Waals surface area contributed by atoms with Gasteiger partial charge in [0.05, 0.1) is 11.4 Å². The summed E-state index contributed by atoms with van der Waals surface area (Å²) in [4.78, 5) is 15.3. The first-order valence-electron chi connectivity index (χ1n) is 9.97. The molecule has 0 aliphatic carbocycles. The van der Waals surface area contributed by atoms with Crippen LogP contribution in [0.4, 0.5) is 0 Å². The first-order valence-corrected chi connectivity index (χ1v) is 12.7. The smallest absolute Gasteiger partial charge is 0.266 e. The fraction of sp³-hybridized carbons (Fsp3) is 0.120. The molecule has 168 valence electrons. The Morgan fingerprint density at radius 3 is 2.58 bits per heavy atom. The van der Waals surface area contributed by atoms with Gasteiger partial charge in [-0.15, -0.1) is 0 Å². The summed E-state index contributed by atoms with van der Waals surface area (Å²) in [6, 6.07) is 19.0. The fourth-order valence-corrected chi connectivity index (χ4v) is 5.30. The monoisotopic (exact) mass is 577 g/mol. The van der Waals surface area contributed by atoms with Gasteiger partial charge in [0.2, 0.25) is 0 Å². The van der Waals surface area contributed by atoms with Crippen LogP contribution in [0.15, 0.2) is 70.0 Å². The predicted octanol–water partition coefficient (Wildman–Crippen LogP) is 8.04. The second kappa shape index (κ2) is 10.6. The number of carbonyl (C=O) groups excluding carboxylic acids is 1. The van der Waals surface area contributed by atoms with E-state index in [0.717, 1.165) is 21.2 Å². The number of ether oxygens (including phenoxy) is 1. The molecule has 0 spiro atoms. The third-order valence-electron chi connectivity index (χ3n) is 4.99. The highest BCUT2D eigenvalue weighted by molar-refractivity contribution is 9.10. The number of hydrogen-bond acceptors (Lipinski definition) is 4. The molecule has 0 unspecified atom stereocenters. The van der Waals surface area contributed by atoms with Gasteiger partial charge in [0.1, 0.15) is 16.7 Å². The molecule has 1 aliphatic heterocycles. The highest BCUT2D eigenvalue weighted by Gasteiger charge is 2.32. The summed E-state index contributed by atoms with van der Waals surface area (Å²) in [5.74, 6) is 0.519. The number of aryl methyl sites for hydroxylation is 1. The summed E-state index contributed by atoms with van der Waals surface area (Å²) in [5.41, 5.74) is 3.79. The SMILES string of the molecule is Cc1ccc(CN2C(=O)/C(=C/c3cc(Br)ccc3OCc3ccc(Cl)cc3Cl)SC2=S)cc1. The lowest BCUT2D eigenvalue weighted by molar-refractivity contribution is -0.122. The highest BCUT2D eigenvalue weighted by Crippen LogP contribution is 2.36. The first kappa shape index (κ1) is 24.3. The molecule has 33 heavy (non-hydrogen) atoms. The number of benzene rings is 3. The van der Waals surface area contributed by atoms with Gasteiger partial charge in [-0.1, -0.05) is 99.0 Å². The Morgan fingerprint density at radius 2 is 1.85 bits per heavy atom. The van der Waals surface area contributed by atoms with Gasteiger partial charge in [-0.2, -0.15) is 0 Å². The van der Waals surface area contributed by atoms with Gasteiger partial charge in [0.25, 0.3) is 5.91 Å². The average Bonchev–Trinajstić information content (AvgIpc) is 3.03. The van der Waals surface area contributed by atoms with E-state index in [-0.39, 0.29) is 12.5 Å². The van der Waals surface area contributed by atoms with Crippen LogP contribution < -0.4 is 4.74 Å². The highest BCUT2D eigenvalue weighted by atomic mass is 79.9. The van der Waals surface area contributed by atoms with Crippen molar-refractivity contribution in [2.45, 2.75) is 20.1 Å². The van der Waals surface area contributed by atoms with E-state index in [2.05, 4.69) is 15.9 Å². The first-order chi connectivity index (χ1) is 15.8. The molecule has 0 radical (unpaired) electrons. The zero-order chi connectivity index (χ0) is 23.5. The number of amides is 1. The number of thioether (sulfide) groups is 1. The van der Waals surface area contributed by atoms with Gasteiger partial charge in [0.15, 0.2) is 0 Å². The van der Waals surface area contributed by atoms with E-state index in [1.165, 1.54) is 17.3 Å². The minimum absolute atomic E-state index is 0.114. The lowest BCUT2D eigenvalue weighted by atomic mass is 10.1. The Kier molecular flexibility index (Phi) is 7.82. The van der Waals surface area contributed by atoms with E-state index in [4.69, 9.17) is 40.2 Å². The van der Waals surface area contributed by atoms with Crippen molar-refractivity contribution in [2.24, 2.45) is 0 Å². The summed E-state index contributed by atoms with van der Waals surface area (Å²) in [6.07, 6.45) is 1.82. The summed E-state index contributed by atoms with van der Waals surface area (Å²) < 4.78 is 7.46. The molecule has 4 rings (SSSR count). The third-order valence-corrected chi connectivity index (χ3v) is 7.45. The second-order valence-electron chi connectivity index (χ2n) is 7.46. The number of thiocarbonyl (C=S) groups is 1. The average molecular weight is 579 g/mol. The Balaban J connectivity index is 1.55. The second-order valence-corrected chi connectivity index (χ2v) is 10.9. The number of nitrogens with zero attached hydrogens (tertiary/aromatic N) is 1. The van der Waals surface area contributed by atoms with E-state index >= 15 is 0 Å². The maximum atomic E-state index is 13.1. The van der Waals surface area contributed by atoms with Crippen LogP contribution in [0.2, 0.25) is 10.0 Å². The van der Waals surface area contributed by atoms with Crippen LogP contribution in [-0.2, 0) is 17.9 Å². The summed E-state index contributed by atoms with van der Waals surface area (Å²) >= 11 is 22.5. The number of rotatable bonds is 6. The zero-order valence-electron chi connectivity index (χ0n) is 17.5. The maximum absolute atomic E-state index is 13.1. The van der Waals surface area contributed by atoms with Crippen LogP contribution in [-0.4, -0.2) is 15.1 Å². The molecular weight excluding hydrogens is 561 g/mol. The van der Waals surface area contributed by atoms with Crippen LogP contribution in [0.1, 0.15) is 22.3 Å². The van der Waals surface area contributed by atoms with Crippen LogP contribution >= 0.6 is 63.1 Å². The van der Waals surface area contributed by atoms with Crippen molar-refractivity contribution in [3.05, 3.63) is 102 Å². The molecule has 0 atom stereocenters. The van der Waals surface area contributed by atoms with Crippen LogP contribution in [0.3, 0.4) is 0 Å². The van der Waals surface area contributed by atoms with Gasteiger partial charge in [-0.3, -0.25) is 9.69 Å². The molecule has 1 aliphatic rings. The Labute approximate surface area is 220 Å². The minimum atomic E-state index is -0.114. The fourth-order valence-electron chi connectivity index (χ4n) is 3.21. The molecule has 0 bridgehead atoms. The summed E-state index contributed by atoms with van der Waals surface area (Å²) in [5, 5.41) is 1.11. The van der Waals surface area contributed by atoms with Crippen LogP contribution in [0.25, 0.3) is 6.08 Å². The number of carbonyl (C=O) groups is 1. The van der Waals surface area contributed by atoms with E-state index in [1.54, 1.807) is 17.0 Å². The van der Waals surface area contributed by atoms with Gasteiger partial charge in [0, 0.05) is 25.6 Å². The third kappa shape index (κ3) is 6.00. The molecule has 0 aromatic heterocycles. The number of hydrogen-bond donors (Lipinski definition) is 0. The maximum Gasteiger partial charge on any atom is 0.266 e. The Bertz CT molecular complexity index is 1260. The molecule has 0 N–H and O–H groups in total. The Hall–Kier alpha value is -1.83. The van der Waals surface area contributed by atoms with Crippen molar-refractivity contribution >= 4 is 79.4 Å². The standard InChI is InChI=1S/C25H18BrCl2NO2S2/c1-15-2-4-16(5-3-15)13-29-24(30)23(33-25(29)32)11-18-10-19(26)7-9-22(18)31-14-17-6-8-20(27)12-21(17)28/h2-12H,13-14H2,1H3/b23-11-. The quantitative estimate of drug-likeness (QED) is 0.219. The lowest BCUT2D eigenvalue weighted by Gasteiger charge is -2.14. The van der Waals surface area contributed by atoms with E-state index in [0.29, 0.717) is 31.6 Å². The number of halogens is 3. The zero-order valence-corrected chi connectivity index (χ0v) is 22.2. The van der Waals surface area contributed by atoms with Gasteiger partial charge in [-0.05, 0) is 48.9 Å². The molecule has 3 aromatic rings. The van der Waals surface area contributed by atoms with Crippen LogP contribution in [0, 0.1) is 6.92 Å². The molecule has 1 saturated heterocycles. The van der Waals surface area contributed by atoms with Gasteiger partial charge < -0.3 is 4.74 Å². The van der Waals surface area contributed by atoms with Crippen molar-refractivity contribution in [1.29, 1.82) is 0 Å². The molecule has 3 nitrogen and oxygen atoms in total.